The molecule has 0 spiro atoms. The quantitative estimate of drug-likeness (QED) is 0.542. The van der Waals surface area contributed by atoms with Crippen molar-refractivity contribution in [2.75, 3.05) is 25.6 Å². The van der Waals surface area contributed by atoms with E-state index in [1.807, 2.05) is 55.5 Å². The summed E-state index contributed by atoms with van der Waals surface area (Å²) in [5, 5.41) is 3.00. The third kappa shape index (κ3) is 5.71. The molecule has 2 aromatic carbocycles. The Bertz CT molecular complexity index is 951. The summed E-state index contributed by atoms with van der Waals surface area (Å²) in [6.45, 7) is 3.05. The number of amides is 2. The number of ether oxygens (including phenoxy) is 1. The molecule has 0 aromatic heterocycles. The van der Waals surface area contributed by atoms with E-state index >= 15 is 0 Å². The highest BCUT2D eigenvalue weighted by Gasteiger charge is 2.39. The maximum Gasteiger partial charge on any atom is 0.242 e. The molecule has 6 nitrogen and oxygen atoms in total. The molecule has 158 valence electrons. The first kappa shape index (κ1) is 22.5. The second kappa shape index (κ2) is 10.7. The van der Waals surface area contributed by atoms with Crippen LogP contribution in [0.4, 0.5) is 11.4 Å². The summed E-state index contributed by atoms with van der Waals surface area (Å²) in [5.74, 6) is -0.299. The number of nitrogens with one attached hydrogen (secondary N) is 1. The molecule has 0 radical (unpaired) electrons. The number of thioether (sulfide) groups is 1. The topological polar surface area (TPSA) is 71.0 Å². The van der Waals surface area contributed by atoms with Crippen molar-refractivity contribution in [3.63, 3.8) is 0 Å². The number of hydrogen-bond acceptors (Lipinski definition) is 5. The van der Waals surface area contributed by atoms with Crippen molar-refractivity contribution in [2.45, 2.75) is 25.0 Å². The van der Waals surface area contributed by atoms with Crippen LogP contribution in [0.15, 0.2) is 58.0 Å². The van der Waals surface area contributed by atoms with Crippen molar-refractivity contribution in [3.8, 4) is 0 Å². The summed E-state index contributed by atoms with van der Waals surface area (Å²) < 4.78 is 5.92. The minimum Gasteiger partial charge on any atom is -0.385 e. The van der Waals surface area contributed by atoms with Crippen molar-refractivity contribution in [1.29, 1.82) is 0 Å². The summed E-state index contributed by atoms with van der Waals surface area (Å²) >= 11 is 4.77. The van der Waals surface area contributed by atoms with Crippen LogP contribution in [0.3, 0.4) is 0 Å². The van der Waals surface area contributed by atoms with Crippen molar-refractivity contribution < 1.29 is 14.3 Å². The average molecular weight is 490 g/mol. The summed E-state index contributed by atoms with van der Waals surface area (Å²) in [6, 6.07) is 15.2. The lowest BCUT2D eigenvalue weighted by Crippen LogP contribution is -2.34. The normalized spacial score (nSPS) is 17.6. The van der Waals surface area contributed by atoms with Gasteiger partial charge < -0.3 is 10.1 Å². The maximum absolute atomic E-state index is 13.0. The van der Waals surface area contributed by atoms with Crippen LogP contribution < -0.4 is 5.32 Å². The Labute approximate surface area is 189 Å². The monoisotopic (exact) mass is 489 g/mol. The molecule has 1 N–H and O–H groups in total. The van der Waals surface area contributed by atoms with Crippen LogP contribution in [0.2, 0.25) is 0 Å². The standard InChI is InChI=1S/C22H24BrN3O3S/c1-15-8-3-5-10-17(15)25-22-26(12-7-13-29-2)21(28)19(30-22)14-20(27)24-18-11-6-4-9-16(18)23/h3-6,8-11,19H,7,12-14H2,1-2H3,(H,24,27)/t19-/m1/s1. The first-order valence-electron chi connectivity index (χ1n) is 9.65. The molecule has 1 aliphatic rings. The van der Waals surface area contributed by atoms with E-state index < -0.39 is 5.25 Å². The number of methoxy groups -OCH3 is 1. The van der Waals surface area contributed by atoms with E-state index in [1.54, 1.807) is 12.0 Å². The maximum atomic E-state index is 13.0. The fourth-order valence-corrected chi connectivity index (χ4v) is 4.58. The predicted molar refractivity (Wildman–Crippen MR) is 125 cm³/mol. The molecule has 1 saturated heterocycles. The van der Waals surface area contributed by atoms with Crippen LogP contribution in [-0.2, 0) is 14.3 Å². The zero-order valence-electron chi connectivity index (χ0n) is 16.9. The highest BCUT2D eigenvalue weighted by molar-refractivity contribution is 9.10. The molecule has 0 aliphatic carbocycles. The van der Waals surface area contributed by atoms with Crippen molar-refractivity contribution in [3.05, 3.63) is 58.6 Å². The molecule has 8 heteroatoms. The molecule has 2 aromatic rings. The van der Waals surface area contributed by atoms with Gasteiger partial charge >= 0.3 is 0 Å². The molecule has 1 heterocycles. The Kier molecular flexibility index (Phi) is 8.07. The Morgan fingerprint density at radius 3 is 2.70 bits per heavy atom. The lowest BCUT2D eigenvalue weighted by molar-refractivity contribution is -0.128. The van der Waals surface area contributed by atoms with Crippen molar-refractivity contribution >= 4 is 56.0 Å². The Morgan fingerprint density at radius 2 is 1.97 bits per heavy atom. The van der Waals surface area contributed by atoms with E-state index in [2.05, 4.69) is 21.2 Å². The number of amidine groups is 1. The number of carbonyl (C=O) groups is 2. The van der Waals surface area contributed by atoms with E-state index in [-0.39, 0.29) is 18.2 Å². The lowest BCUT2D eigenvalue weighted by Gasteiger charge is -2.16. The van der Waals surface area contributed by atoms with Crippen molar-refractivity contribution in [1.82, 2.24) is 4.90 Å². The molecule has 0 unspecified atom stereocenters. The van der Waals surface area contributed by atoms with Gasteiger partial charge in [-0.05, 0) is 53.0 Å². The van der Waals surface area contributed by atoms with Crippen LogP contribution in [-0.4, -0.2) is 47.4 Å². The first-order chi connectivity index (χ1) is 14.5. The fourth-order valence-electron chi connectivity index (χ4n) is 3.02. The summed E-state index contributed by atoms with van der Waals surface area (Å²) in [6.07, 6.45) is 0.782. The number of rotatable bonds is 8. The van der Waals surface area contributed by atoms with Crippen molar-refractivity contribution in [2.24, 2.45) is 4.99 Å². The molecule has 1 atom stereocenters. The van der Waals surface area contributed by atoms with E-state index in [4.69, 9.17) is 9.73 Å². The van der Waals surface area contributed by atoms with Gasteiger partial charge in [-0.1, -0.05) is 42.1 Å². The zero-order chi connectivity index (χ0) is 21.5. The Balaban J connectivity index is 1.75. The molecular formula is C22H24BrN3O3S. The third-order valence-electron chi connectivity index (χ3n) is 4.60. The van der Waals surface area contributed by atoms with Gasteiger partial charge in [0.15, 0.2) is 5.17 Å². The minimum absolute atomic E-state index is 0.0817. The average Bonchev–Trinajstić information content (AvgIpc) is 3.00. The Morgan fingerprint density at radius 1 is 1.23 bits per heavy atom. The smallest absolute Gasteiger partial charge is 0.242 e. The molecule has 0 bridgehead atoms. The van der Waals surface area contributed by atoms with E-state index in [0.29, 0.717) is 30.4 Å². The van der Waals surface area contributed by atoms with Gasteiger partial charge in [0, 0.05) is 31.2 Å². The zero-order valence-corrected chi connectivity index (χ0v) is 19.3. The minimum atomic E-state index is -0.502. The number of nitrogens with zero attached hydrogens (tertiary/aromatic N) is 2. The van der Waals surface area contributed by atoms with Gasteiger partial charge in [-0.25, -0.2) is 4.99 Å². The number of anilines is 1. The molecule has 3 rings (SSSR count). The molecule has 2 amide bonds. The van der Waals surface area contributed by atoms with Crippen LogP contribution in [0.25, 0.3) is 0 Å². The summed E-state index contributed by atoms with van der Waals surface area (Å²) in [7, 11) is 1.64. The van der Waals surface area contributed by atoms with E-state index in [9.17, 15) is 9.59 Å². The number of carbonyl (C=O) groups excluding carboxylic acids is 2. The van der Waals surface area contributed by atoms with Gasteiger partial charge in [0.1, 0.15) is 5.25 Å². The highest BCUT2D eigenvalue weighted by atomic mass is 79.9. The predicted octanol–water partition coefficient (Wildman–Crippen LogP) is 4.75. The molecule has 1 fully saturated rings. The number of hydrogen-bond donors (Lipinski definition) is 1. The van der Waals surface area contributed by atoms with E-state index in [0.717, 1.165) is 15.7 Å². The number of aryl methyl sites for hydroxylation is 1. The molecule has 0 saturated carbocycles. The van der Waals surface area contributed by atoms with Gasteiger partial charge in [-0.15, -0.1) is 0 Å². The number of halogens is 1. The first-order valence-corrected chi connectivity index (χ1v) is 11.3. The van der Waals surface area contributed by atoms with E-state index in [1.165, 1.54) is 11.8 Å². The SMILES string of the molecule is COCCCN1C(=O)[C@@H](CC(=O)Nc2ccccc2Br)SC1=Nc1ccccc1C. The fraction of sp³-hybridized carbons (Fsp3) is 0.318. The van der Waals surface area contributed by atoms with Gasteiger partial charge in [-0.3, -0.25) is 14.5 Å². The van der Waals surface area contributed by atoms with Gasteiger partial charge in [0.2, 0.25) is 11.8 Å². The van der Waals surface area contributed by atoms with Gasteiger partial charge in [0.25, 0.3) is 0 Å². The Hall–Kier alpha value is -2.16. The molecular weight excluding hydrogens is 466 g/mol. The second-order valence-electron chi connectivity index (χ2n) is 6.86. The summed E-state index contributed by atoms with van der Waals surface area (Å²) in [4.78, 5) is 32.0. The third-order valence-corrected chi connectivity index (χ3v) is 6.47. The highest BCUT2D eigenvalue weighted by Crippen LogP contribution is 2.33. The van der Waals surface area contributed by atoms with Gasteiger partial charge in [0.05, 0.1) is 11.4 Å². The van der Waals surface area contributed by atoms with Gasteiger partial charge in [-0.2, -0.15) is 0 Å². The summed E-state index contributed by atoms with van der Waals surface area (Å²) in [5.41, 5.74) is 2.54. The number of aliphatic imine (C=N–C) groups is 1. The van der Waals surface area contributed by atoms with Crippen LogP contribution in [0.1, 0.15) is 18.4 Å². The second-order valence-corrected chi connectivity index (χ2v) is 8.88. The van der Waals surface area contributed by atoms with Crippen LogP contribution >= 0.6 is 27.7 Å². The molecule has 30 heavy (non-hydrogen) atoms. The number of para-hydroxylation sites is 2. The number of benzene rings is 2. The molecule has 1 aliphatic heterocycles. The largest absolute Gasteiger partial charge is 0.385 e. The lowest BCUT2D eigenvalue weighted by atomic mass is 10.2. The van der Waals surface area contributed by atoms with Crippen LogP contribution in [0, 0.1) is 6.92 Å². The van der Waals surface area contributed by atoms with Crippen LogP contribution in [0.5, 0.6) is 0 Å².